The molecule has 0 saturated heterocycles. The molecule has 3 heterocycles. The molecule has 0 spiro atoms. The summed E-state index contributed by atoms with van der Waals surface area (Å²) in [4.78, 5) is 18.0. The highest BCUT2D eigenvalue weighted by atomic mass is 32.2. The van der Waals surface area contributed by atoms with Crippen LogP contribution in [0.4, 0.5) is 5.69 Å². The van der Waals surface area contributed by atoms with E-state index in [2.05, 4.69) is 9.56 Å². The number of benzene rings is 3. The third-order valence-corrected chi connectivity index (χ3v) is 7.74. The second kappa shape index (κ2) is 12.0. The van der Waals surface area contributed by atoms with Crippen molar-refractivity contribution in [1.82, 2.24) is 4.57 Å². The number of hydrogen-bond acceptors (Lipinski definition) is 9. The zero-order chi connectivity index (χ0) is 29.1. The Morgan fingerprint density at radius 1 is 1.07 bits per heavy atom. The number of nitrogens with zero attached hydrogens (tertiary/aromatic N) is 2. The maximum Gasteiger partial charge on any atom is 0.344 e. The average molecular weight is 585 g/mol. The van der Waals surface area contributed by atoms with E-state index in [0.717, 1.165) is 16.5 Å². The number of rotatable bonds is 9. The van der Waals surface area contributed by atoms with E-state index in [1.165, 1.54) is 11.8 Å². The molecule has 214 valence electrons. The van der Waals surface area contributed by atoms with Gasteiger partial charge >= 0.3 is 5.97 Å². The van der Waals surface area contributed by atoms with Crippen LogP contribution in [0.5, 0.6) is 23.0 Å². The molecule has 9 nitrogen and oxygen atoms in total. The van der Waals surface area contributed by atoms with Crippen molar-refractivity contribution in [2.45, 2.75) is 13.5 Å². The number of methoxy groups -OCH3 is 1. The number of aromatic nitrogens is 1. The first-order valence-electron chi connectivity index (χ1n) is 13.4. The Kier molecular flexibility index (Phi) is 7.78. The lowest BCUT2D eigenvalue weighted by molar-refractivity contribution is -0.138. The van der Waals surface area contributed by atoms with E-state index < -0.39 is 5.97 Å². The highest BCUT2D eigenvalue weighted by Crippen LogP contribution is 2.41. The van der Waals surface area contributed by atoms with Crippen LogP contribution in [0.2, 0.25) is 0 Å². The minimum absolute atomic E-state index is 0.0461. The fraction of sp³-hybridized carbons (Fsp3) is 0.188. The maximum absolute atomic E-state index is 12.9. The van der Waals surface area contributed by atoms with Crippen molar-refractivity contribution < 1.29 is 33.6 Å². The van der Waals surface area contributed by atoms with Crippen LogP contribution in [0.15, 0.2) is 94.2 Å². The fourth-order valence-corrected chi connectivity index (χ4v) is 5.74. The lowest BCUT2D eigenvalue weighted by atomic mass is 10.1. The smallest absolute Gasteiger partial charge is 0.344 e. The summed E-state index contributed by atoms with van der Waals surface area (Å²) < 4.78 is 29.4. The molecular formula is C32H28N2O7S. The normalized spacial score (nSPS) is 16.0. The lowest BCUT2D eigenvalue weighted by Gasteiger charge is -2.09. The van der Waals surface area contributed by atoms with Crippen molar-refractivity contribution in [2.24, 2.45) is 4.99 Å². The first-order valence-corrected chi connectivity index (χ1v) is 14.2. The molecule has 3 aromatic carbocycles. The van der Waals surface area contributed by atoms with Gasteiger partial charge in [-0.05, 0) is 55.5 Å². The molecule has 0 amide bonds. The van der Waals surface area contributed by atoms with Gasteiger partial charge in [-0.15, -0.1) is 0 Å². The van der Waals surface area contributed by atoms with E-state index in [4.69, 9.17) is 23.7 Å². The van der Waals surface area contributed by atoms with Gasteiger partial charge in [0.25, 0.3) is 0 Å². The number of hydrogen-bond donors (Lipinski definition) is 1. The number of esters is 1. The monoisotopic (exact) mass is 584 g/mol. The molecule has 1 aromatic heterocycles. The summed E-state index contributed by atoms with van der Waals surface area (Å²) in [5.74, 6) is 1.99. The minimum Gasteiger partial charge on any atom is -0.506 e. The van der Waals surface area contributed by atoms with E-state index in [1.54, 1.807) is 38.3 Å². The number of para-hydroxylation sites is 1. The van der Waals surface area contributed by atoms with Crippen LogP contribution in [0.1, 0.15) is 12.5 Å². The molecule has 0 aliphatic carbocycles. The highest BCUT2D eigenvalue weighted by molar-refractivity contribution is 8.18. The van der Waals surface area contributed by atoms with Crippen LogP contribution in [0, 0.1) is 0 Å². The topological polar surface area (TPSA) is 101 Å². The molecule has 0 radical (unpaired) electrons. The summed E-state index contributed by atoms with van der Waals surface area (Å²) in [6.07, 6.45) is 3.88. The molecule has 10 heteroatoms. The number of aliphatic hydroxyl groups is 1. The van der Waals surface area contributed by atoms with Crippen molar-refractivity contribution in [1.29, 1.82) is 0 Å². The van der Waals surface area contributed by atoms with Gasteiger partial charge in [0.05, 0.1) is 30.9 Å². The second-order valence-corrected chi connectivity index (χ2v) is 10.4. The summed E-state index contributed by atoms with van der Waals surface area (Å²) >= 11 is 1.22. The van der Waals surface area contributed by atoms with Crippen LogP contribution in [0.3, 0.4) is 0 Å². The van der Waals surface area contributed by atoms with E-state index in [-0.39, 0.29) is 24.7 Å². The van der Waals surface area contributed by atoms with Gasteiger partial charge < -0.3 is 33.4 Å². The number of fused-ring (bicyclic) bond motifs is 2. The molecule has 0 atom stereocenters. The van der Waals surface area contributed by atoms with Crippen LogP contribution < -0.4 is 18.9 Å². The summed E-state index contributed by atoms with van der Waals surface area (Å²) in [5, 5.41) is 12.6. The van der Waals surface area contributed by atoms with Gasteiger partial charge in [0, 0.05) is 28.7 Å². The highest BCUT2D eigenvalue weighted by Gasteiger charge is 2.33. The summed E-state index contributed by atoms with van der Waals surface area (Å²) in [6, 6.07) is 20.7. The van der Waals surface area contributed by atoms with E-state index >= 15 is 0 Å². The second-order valence-electron chi connectivity index (χ2n) is 9.33. The SMILES string of the molecule is CCOC(=O)C1=C(O)/C(=C/c2cn(CCOc3ccc4c(c3)OCO4)c3ccccc23)SC1=Nc1ccc(OC)cc1. The standard InChI is InChI=1S/C32H28N2O7S/c1-3-38-32(36)29-30(35)28(42-31(29)33-21-8-10-22(37-2)11-9-21)16-20-18-34(25-7-5-4-6-24(20)25)14-15-39-23-12-13-26-27(17-23)41-19-40-26/h4-13,16-18,35H,3,14-15,19H2,1-2H3/b28-16-,33-31?. The van der Waals surface area contributed by atoms with E-state index in [9.17, 15) is 9.90 Å². The van der Waals surface area contributed by atoms with Crippen LogP contribution in [0.25, 0.3) is 17.0 Å². The van der Waals surface area contributed by atoms with Crippen LogP contribution >= 0.6 is 11.8 Å². The molecule has 0 fully saturated rings. The summed E-state index contributed by atoms with van der Waals surface area (Å²) in [6.45, 7) is 3.13. The van der Waals surface area contributed by atoms with E-state index in [0.29, 0.717) is 51.8 Å². The van der Waals surface area contributed by atoms with Gasteiger partial charge in [-0.1, -0.05) is 30.0 Å². The Labute approximate surface area is 246 Å². The predicted octanol–water partition coefficient (Wildman–Crippen LogP) is 6.65. The fourth-order valence-electron chi connectivity index (χ4n) is 4.71. The largest absolute Gasteiger partial charge is 0.506 e. The van der Waals surface area contributed by atoms with Crippen molar-refractivity contribution >= 4 is 45.4 Å². The number of carbonyl (C=O) groups excluding carboxylic acids is 1. The molecule has 0 bridgehead atoms. The first kappa shape index (κ1) is 27.3. The predicted molar refractivity (Wildman–Crippen MR) is 162 cm³/mol. The molecule has 2 aliphatic heterocycles. The number of aliphatic hydroxyl groups excluding tert-OH is 1. The zero-order valence-electron chi connectivity index (χ0n) is 23.0. The molecule has 2 aliphatic rings. The Balaban J connectivity index is 1.28. The average Bonchev–Trinajstić information content (AvgIpc) is 3.70. The third kappa shape index (κ3) is 5.53. The molecule has 0 saturated carbocycles. The number of thioether (sulfide) groups is 1. The van der Waals surface area contributed by atoms with Gasteiger partial charge in [-0.3, -0.25) is 0 Å². The Morgan fingerprint density at radius 3 is 2.67 bits per heavy atom. The molecule has 4 aromatic rings. The Bertz CT molecular complexity index is 1740. The number of carbonyl (C=O) groups is 1. The molecule has 1 N–H and O–H groups in total. The van der Waals surface area contributed by atoms with Gasteiger partial charge in [0.15, 0.2) is 11.5 Å². The van der Waals surface area contributed by atoms with Gasteiger partial charge in [0.2, 0.25) is 6.79 Å². The summed E-state index contributed by atoms with van der Waals surface area (Å²) in [7, 11) is 1.59. The van der Waals surface area contributed by atoms with Gasteiger partial charge in [-0.25, -0.2) is 9.79 Å². The van der Waals surface area contributed by atoms with Gasteiger partial charge in [-0.2, -0.15) is 0 Å². The van der Waals surface area contributed by atoms with Crippen molar-refractivity contribution in [2.75, 3.05) is 27.1 Å². The Hall–Kier alpha value is -4.83. The van der Waals surface area contributed by atoms with Crippen LogP contribution in [-0.4, -0.2) is 47.8 Å². The lowest BCUT2D eigenvalue weighted by Crippen LogP contribution is -2.12. The van der Waals surface area contributed by atoms with Crippen LogP contribution in [-0.2, 0) is 16.1 Å². The molecule has 42 heavy (non-hydrogen) atoms. The van der Waals surface area contributed by atoms with Gasteiger partial charge in [0.1, 0.15) is 34.5 Å². The summed E-state index contributed by atoms with van der Waals surface area (Å²) in [5.41, 5.74) is 2.57. The molecule has 0 unspecified atom stereocenters. The first-order chi connectivity index (χ1) is 20.5. The van der Waals surface area contributed by atoms with Crippen molar-refractivity contribution in [3.63, 3.8) is 0 Å². The van der Waals surface area contributed by atoms with E-state index in [1.807, 2.05) is 54.7 Å². The number of aliphatic imine (C=N–C) groups is 1. The maximum atomic E-state index is 12.9. The quantitative estimate of drug-likeness (QED) is 0.218. The van der Waals surface area contributed by atoms with Crippen molar-refractivity contribution in [3.8, 4) is 23.0 Å². The van der Waals surface area contributed by atoms with Crippen molar-refractivity contribution in [3.05, 3.63) is 94.7 Å². The molecular weight excluding hydrogens is 556 g/mol. The number of ether oxygens (including phenoxy) is 5. The third-order valence-electron chi connectivity index (χ3n) is 6.72. The zero-order valence-corrected chi connectivity index (χ0v) is 23.8. The minimum atomic E-state index is -0.624. The Morgan fingerprint density at radius 2 is 1.86 bits per heavy atom. The molecule has 6 rings (SSSR count).